The van der Waals surface area contributed by atoms with Crippen LogP contribution in [0, 0.1) is 23.6 Å². The largest absolute Gasteiger partial charge is 0.451 e. The van der Waals surface area contributed by atoms with Gasteiger partial charge in [-0.05, 0) is 77.5 Å². The van der Waals surface area contributed by atoms with Crippen molar-refractivity contribution in [3.63, 3.8) is 0 Å². The number of carbonyl (C=O) groups excluding carboxylic acids is 2. The van der Waals surface area contributed by atoms with Gasteiger partial charge in [-0.3, -0.25) is 4.79 Å². The zero-order chi connectivity index (χ0) is 26.9. The van der Waals surface area contributed by atoms with Crippen LogP contribution in [0.3, 0.4) is 0 Å². The second-order valence-electron chi connectivity index (χ2n) is 10.9. The van der Waals surface area contributed by atoms with Crippen LogP contribution in [0.1, 0.15) is 51.9 Å². The van der Waals surface area contributed by atoms with Crippen molar-refractivity contribution in [2.75, 3.05) is 31.5 Å². The van der Waals surface area contributed by atoms with Crippen molar-refractivity contribution in [2.45, 2.75) is 53.2 Å². The lowest BCUT2D eigenvalue weighted by Gasteiger charge is -2.26. The number of hydrogen-bond acceptors (Lipinski definition) is 7. The maximum atomic E-state index is 14.1. The number of likely N-dealkylation sites (tertiary alicyclic amines) is 1. The highest BCUT2D eigenvalue weighted by Gasteiger charge is 2.56. The topological polar surface area (TPSA) is 96.9 Å². The maximum absolute atomic E-state index is 14.1. The minimum Gasteiger partial charge on any atom is -0.451 e. The molecule has 0 bridgehead atoms. The van der Waals surface area contributed by atoms with Gasteiger partial charge < -0.3 is 24.6 Å². The third-order valence-corrected chi connectivity index (χ3v) is 6.82. The van der Waals surface area contributed by atoms with E-state index in [4.69, 9.17) is 9.47 Å². The number of amides is 2. The first-order valence-corrected chi connectivity index (χ1v) is 12.8. The first kappa shape index (κ1) is 26.6. The van der Waals surface area contributed by atoms with Crippen molar-refractivity contribution in [2.24, 2.45) is 17.8 Å². The molecule has 0 radical (unpaired) electrons. The average molecular weight is 514 g/mol. The number of rotatable bonds is 8. The summed E-state index contributed by atoms with van der Waals surface area (Å²) in [5.74, 6) is 1.50. The second kappa shape index (κ2) is 10.5. The van der Waals surface area contributed by atoms with E-state index in [2.05, 4.69) is 15.3 Å². The van der Waals surface area contributed by atoms with E-state index < -0.39 is 11.4 Å². The number of halogens is 1. The normalized spacial score (nSPS) is 20.4. The quantitative estimate of drug-likeness (QED) is 0.541. The van der Waals surface area contributed by atoms with E-state index in [0.29, 0.717) is 55.5 Å². The summed E-state index contributed by atoms with van der Waals surface area (Å²) < 4.78 is 25.6. The molecule has 1 N–H and O–H groups in total. The molecule has 1 saturated heterocycles. The van der Waals surface area contributed by atoms with E-state index in [1.54, 1.807) is 9.80 Å². The summed E-state index contributed by atoms with van der Waals surface area (Å²) in [5, 5.41) is 3.34. The van der Waals surface area contributed by atoms with Gasteiger partial charge in [0.05, 0.1) is 11.8 Å². The van der Waals surface area contributed by atoms with Gasteiger partial charge in [-0.25, -0.2) is 19.2 Å². The Balaban J connectivity index is 1.40. The summed E-state index contributed by atoms with van der Waals surface area (Å²) in [4.78, 5) is 37.3. The molecule has 4 rings (SSSR count). The Labute approximate surface area is 217 Å². The summed E-state index contributed by atoms with van der Waals surface area (Å²) in [7, 11) is 0. The van der Waals surface area contributed by atoms with Crippen molar-refractivity contribution in [1.29, 1.82) is 0 Å². The number of hydrogen-bond donors (Lipinski definition) is 1. The molecule has 10 heteroatoms. The molecule has 2 fully saturated rings. The SMILES string of the molecule is CCN(C(=O)c1cc(F)ccc1Oc1cncnc1NCC1C2CN(C(=O)OC(C)(C)C)CC12)C(C)C. The van der Waals surface area contributed by atoms with E-state index in [-0.39, 0.29) is 29.4 Å². The van der Waals surface area contributed by atoms with Gasteiger partial charge in [-0.2, -0.15) is 0 Å². The molecule has 2 aliphatic rings. The van der Waals surface area contributed by atoms with Gasteiger partial charge in [-0.15, -0.1) is 0 Å². The van der Waals surface area contributed by atoms with Crippen molar-refractivity contribution >= 4 is 17.8 Å². The van der Waals surface area contributed by atoms with Crippen molar-refractivity contribution in [3.05, 3.63) is 42.1 Å². The number of fused-ring (bicyclic) bond motifs is 1. The standard InChI is InChI=1S/C27H36FN5O4/c1-7-33(16(2)3)25(34)18-10-17(28)8-9-22(18)36-23-12-29-15-31-24(23)30-11-19-20-13-32(14-21(19)20)26(35)37-27(4,5)6/h8-10,12,15-16,19-21H,7,11,13-14H2,1-6H3,(H,29,30,31). The Morgan fingerprint density at radius 1 is 1.22 bits per heavy atom. The van der Waals surface area contributed by atoms with Crippen LogP contribution in [0.25, 0.3) is 0 Å². The van der Waals surface area contributed by atoms with Crippen LogP contribution in [0.5, 0.6) is 11.5 Å². The number of ether oxygens (including phenoxy) is 2. The molecule has 1 aliphatic carbocycles. The van der Waals surface area contributed by atoms with Gasteiger partial charge in [0.25, 0.3) is 5.91 Å². The number of piperidine rings is 1. The highest BCUT2D eigenvalue weighted by atomic mass is 19.1. The van der Waals surface area contributed by atoms with Crippen LogP contribution in [-0.4, -0.2) is 69.6 Å². The molecule has 2 aromatic rings. The first-order valence-electron chi connectivity index (χ1n) is 12.8. The molecule has 2 amide bonds. The summed E-state index contributed by atoms with van der Waals surface area (Å²) in [5.41, 5.74) is -0.364. The first-order chi connectivity index (χ1) is 17.5. The molecular formula is C27H36FN5O4. The number of nitrogens with one attached hydrogen (secondary N) is 1. The van der Waals surface area contributed by atoms with Gasteiger partial charge >= 0.3 is 6.09 Å². The number of benzene rings is 1. The smallest absolute Gasteiger partial charge is 0.410 e. The predicted molar refractivity (Wildman–Crippen MR) is 137 cm³/mol. The van der Waals surface area contributed by atoms with Crippen molar-refractivity contribution in [3.8, 4) is 11.5 Å². The van der Waals surface area contributed by atoms with Crippen LogP contribution in [0.4, 0.5) is 15.0 Å². The van der Waals surface area contributed by atoms with Crippen LogP contribution >= 0.6 is 0 Å². The second-order valence-corrected chi connectivity index (χ2v) is 10.9. The number of aromatic nitrogens is 2. The minimum atomic E-state index is -0.515. The maximum Gasteiger partial charge on any atom is 0.410 e. The van der Waals surface area contributed by atoms with Crippen LogP contribution in [0.15, 0.2) is 30.7 Å². The Morgan fingerprint density at radius 2 is 1.92 bits per heavy atom. The fourth-order valence-electron chi connectivity index (χ4n) is 4.94. The van der Waals surface area contributed by atoms with Gasteiger partial charge in [0.1, 0.15) is 23.5 Å². The number of nitrogens with zero attached hydrogens (tertiary/aromatic N) is 4. The van der Waals surface area contributed by atoms with Gasteiger partial charge in [0.15, 0.2) is 11.6 Å². The Hall–Kier alpha value is -3.43. The molecule has 2 atom stereocenters. The molecule has 1 aromatic carbocycles. The molecule has 2 heterocycles. The highest BCUT2D eigenvalue weighted by Crippen LogP contribution is 2.52. The molecule has 1 saturated carbocycles. The predicted octanol–water partition coefficient (Wildman–Crippen LogP) is 4.80. The third kappa shape index (κ3) is 6.11. The number of carbonyl (C=O) groups is 2. The van der Waals surface area contributed by atoms with Crippen LogP contribution in [0.2, 0.25) is 0 Å². The molecule has 9 nitrogen and oxygen atoms in total. The van der Waals surface area contributed by atoms with Crippen molar-refractivity contribution < 1.29 is 23.5 Å². The zero-order valence-corrected chi connectivity index (χ0v) is 22.3. The summed E-state index contributed by atoms with van der Waals surface area (Å²) in [6, 6.07) is 3.86. The van der Waals surface area contributed by atoms with Gasteiger partial charge in [-0.1, -0.05) is 0 Å². The summed E-state index contributed by atoms with van der Waals surface area (Å²) in [6.45, 7) is 13.8. The van der Waals surface area contributed by atoms with E-state index in [0.717, 1.165) is 0 Å². The summed E-state index contributed by atoms with van der Waals surface area (Å²) in [6.07, 6.45) is 2.67. The Morgan fingerprint density at radius 3 is 2.54 bits per heavy atom. The monoisotopic (exact) mass is 513 g/mol. The van der Waals surface area contributed by atoms with E-state index in [1.165, 1.54) is 30.7 Å². The lowest BCUT2D eigenvalue weighted by atomic mass is 10.1. The lowest BCUT2D eigenvalue weighted by Crippen LogP contribution is -2.37. The summed E-state index contributed by atoms with van der Waals surface area (Å²) >= 11 is 0. The molecule has 1 aromatic heterocycles. The average Bonchev–Trinajstić information content (AvgIpc) is 3.26. The van der Waals surface area contributed by atoms with Crippen LogP contribution in [-0.2, 0) is 4.74 Å². The lowest BCUT2D eigenvalue weighted by molar-refractivity contribution is 0.0266. The van der Waals surface area contributed by atoms with Crippen LogP contribution < -0.4 is 10.1 Å². The van der Waals surface area contributed by atoms with E-state index in [1.807, 2.05) is 41.5 Å². The fraction of sp³-hybridized carbons (Fsp3) is 0.556. The molecule has 1 aliphatic heterocycles. The van der Waals surface area contributed by atoms with Gasteiger partial charge in [0.2, 0.25) is 0 Å². The number of anilines is 1. The van der Waals surface area contributed by atoms with E-state index in [9.17, 15) is 14.0 Å². The highest BCUT2D eigenvalue weighted by molar-refractivity contribution is 5.97. The molecular weight excluding hydrogens is 477 g/mol. The zero-order valence-electron chi connectivity index (χ0n) is 22.3. The van der Waals surface area contributed by atoms with E-state index >= 15 is 0 Å². The third-order valence-electron chi connectivity index (χ3n) is 6.82. The molecule has 37 heavy (non-hydrogen) atoms. The molecule has 200 valence electrons. The Bertz CT molecular complexity index is 1140. The molecule has 2 unspecified atom stereocenters. The molecule has 0 spiro atoms. The minimum absolute atomic E-state index is 0.0462. The fourth-order valence-corrected chi connectivity index (χ4v) is 4.94. The van der Waals surface area contributed by atoms with Gasteiger partial charge in [0, 0.05) is 32.2 Å². The Kier molecular flexibility index (Phi) is 7.57. The van der Waals surface area contributed by atoms with Crippen molar-refractivity contribution in [1.82, 2.24) is 19.8 Å².